The van der Waals surface area contributed by atoms with Gasteiger partial charge in [0.25, 0.3) is 11.5 Å². The Bertz CT molecular complexity index is 761. The van der Waals surface area contributed by atoms with Gasteiger partial charge in [-0.05, 0) is 40.5 Å². The van der Waals surface area contributed by atoms with E-state index in [1.807, 2.05) is 0 Å². The van der Waals surface area contributed by atoms with Gasteiger partial charge in [0.1, 0.15) is 10.2 Å². The number of aromatic nitrogens is 2. The Morgan fingerprint density at radius 1 is 1.39 bits per heavy atom. The van der Waals surface area contributed by atoms with E-state index in [-0.39, 0.29) is 17.2 Å². The highest BCUT2D eigenvalue weighted by Gasteiger charge is 2.07. The SMILES string of the molecule is Cn1ncc(NCCCNC(=O)c2cccc(O)c2)c(Br)c1=O. The molecule has 0 bridgehead atoms. The Morgan fingerprint density at radius 3 is 2.91 bits per heavy atom. The number of nitrogens with one attached hydrogen (secondary N) is 2. The number of carbonyl (C=O) groups excluding carboxylic acids is 1. The van der Waals surface area contributed by atoms with E-state index in [1.165, 1.54) is 16.8 Å². The van der Waals surface area contributed by atoms with E-state index in [0.717, 1.165) is 0 Å². The minimum absolute atomic E-state index is 0.0577. The number of amides is 1. The molecule has 1 aromatic heterocycles. The summed E-state index contributed by atoms with van der Waals surface area (Å²) in [7, 11) is 1.58. The Morgan fingerprint density at radius 2 is 2.17 bits per heavy atom. The summed E-state index contributed by atoms with van der Waals surface area (Å²) in [6, 6.07) is 6.18. The van der Waals surface area contributed by atoms with Crippen LogP contribution in [-0.4, -0.2) is 33.9 Å². The summed E-state index contributed by atoms with van der Waals surface area (Å²) in [5.74, 6) is -0.181. The summed E-state index contributed by atoms with van der Waals surface area (Å²) in [6.07, 6.45) is 2.24. The molecule has 0 saturated heterocycles. The third kappa shape index (κ3) is 4.56. The number of halogens is 1. The minimum Gasteiger partial charge on any atom is -0.508 e. The average molecular weight is 381 g/mol. The number of hydrogen-bond acceptors (Lipinski definition) is 5. The molecule has 2 aromatic rings. The standard InChI is InChI=1S/C15H17BrN4O3/c1-20-15(23)13(16)12(9-19-20)17-6-3-7-18-14(22)10-4-2-5-11(21)8-10/h2,4-5,8-9,17,21H,3,6-7H2,1H3,(H,18,22). The van der Waals surface area contributed by atoms with E-state index in [9.17, 15) is 14.7 Å². The molecule has 2 rings (SSSR count). The largest absolute Gasteiger partial charge is 0.508 e. The molecule has 122 valence electrons. The molecule has 0 aliphatic carbocycles. The van der Waals surface area contributed by atoms with E-state index in [0.29, 0.717) is 35.2 Å². The van der Waals surface area contributed by atoms with Crippen molar-refractivity contribution >= 4 is 27.5 Å². The number of anilines is 1. The number of carbonyl (C=O) groups is 1. The van der Waals surface area contributed by atoms with Crippen LogP contribution in [0.3, 0.4) is 0 Å². The zero-order valence-corrected chi connectivity index (χ0v) is 14.1. The fraction of sp³-hybridized carbons (Fsp3) is 0.267. The van der Waals surface area contributed by atoms with Crippen LogP contribution in [0, 0.1) is 0 Å². The predicted molar refractivity (Wildman–Crippen MR) is 90.7 cm³/mol. The molecular weight excluding hydrogens is 364 g/mol. The zero-order valence-electron chi connectivity index (χ0n) is 12.5. The first kappa shape index (κ1) is 17.0. The third-order valence-corrected chi connectivity index (χ3v) is 3.91. The number of hydrogen-bond donors (Lipinski definition) is 3. The molecule has 0 aliphatic rings. The molecule has 3 N–H and O–H groups in total. The molecule has 0 saturated carbocycles. The molecule has 8 heteroatoms. The quantitative estimate of drug-likeness (QED) is 0.659. The van der Waals surface area contributed by atoms with Gasteiger partial charge >= 0.3 is 0 Å². The highest BCUT2D eigenvalue weighted by atomic mass is 79.9. The lowest BCUT2D eigenvalue weighted by molar-refractivity contribution is 0.0953. The Labute approximate surface area is 141 Å². The number of aryl methyl sites for hydroxylation is 1. The second-order valence-electron chi connectivity index (χ2n) is 4.89. The fourth-order valence-electron chi connectivity index (χ4n) is 1.90. The van der Waals surface area contributed by atoms with Gasteiger partial charge in [0.05, 0.1) is 11.9 Å². The van der Waals surface area contributed by atoms with Crippen molar-refractivity contribution in [1.82, 2.24) is 15.1 Å². The first-order valence-electron chi connectivity index (χ1n) is 7.02. The van der Waals surface area contributed by atoms with Crippen LogP contribution in [0.2, 0.25) is 0 Å². The van der Waals surface area contributed by atoms with Crippen LogP contribution in [0.4, 0.5) is 5.69 Å². The number of benzene rings is 1. The topological polar surface area (TPSA) is 96.2 Å². The van der Waals surface area contributed by atoms with Gasteiger partial charge in [-0.3, -0.25) is 9.59 Å². The summed E-state index contributed by atoms with van der Waals surface area (Å²) in [4.78, 5) is 23.6. The summed E-state index contributed by atoms with van der Waals surface area (Å²) >= 11 is 3.23. The first-order valence-corrected chi connectivity index (χ1v) is 7.81. The van der Waals surface area contributed by atoms with Crippen molar-refractivity contribution in [3.8, 4) is 5.75 Å². The monoisotopic (exact) mass is 380 g/mol. The van der Waals surface area contributed by atoms with Crippen molar-refractivity contribution in [1.29, 1.82) is 0 Å². The molecule has 0 unspecified atom stereocenters. The van der Waals surface area contributed by atoms with Crippen LogP contribution in [0.25, 0.3) is 0 Å². The van der Waals surface area contributed by atoms with Crippen LogP contribution < -0.4 is 16.2 Å². The van der Waals surface area contributed by atoms with Crippen LogP contribution in [0.5, 0.6) is 5.75 Å². The summed E-state index contributed by atoms with van der Waals surface area (Å²) in [6.45, 7) is 1.05. The lowest BCUT2D eigenvalue weighted by Gasteiger charge is -2.09. The van der Waals surface area contributed by atoms with Gasteiger partial charge in [0.2, 0.25) is 0 Å². The van der Waals surface area contributed by atoms with Crippen molar-refractivity contribution < 1.29 is 9.90 Å². The van der Waals surface area contributed by atoms with Gasteiger partial charge in [-0.15, -0.1) is 0 Å². The van der Waals surface area contributed by atoms with Crippen molar-refractivity contribution in [2.45, 2.75) is 6.42 Å². The smallest absolute Gasteiger partial charge is 0.282 e. The maximum absolute atomic E-state index is 11.9. The van der Waals surface area contributed by atoms with Gasteiger partial charge in [0.15, 0.2) is 0 Å². The minimum atomic E-state index is -0.239. The fourth-order valence-corrected chi connectivity index (χ4v) is 2.40. The Kier molecular flexibility index (Phi) is 5.75. The molecular formula is C15H17BrN4O3. The van der Waals surface area contributed by atoms with E-state index >= 15 is 0 Å². The molecule has 1 amide bonds. The molecule has 1 heterocycles. The zero-order chi connectivity index (χ0) is 16.8. The second kappa shape index (κ2) is 7.77. The normalized spacial score (nSPS) is 10.3. The second-order valence-corrected chi connectivity index (χ2v) is 5.68. The van der Waals surface area contributed by atoms with Crippen LogP contribution in [0.1, 0.15) is 16.8 Å². The molecule has 0 radical (unpaired) electrons. The molecule has 0 spiro atoms. The van der Waals surface area contributed by atoms with Crippen molar-refractivity contribution in [3.63, 3.8) is 0 Å². The molecule has 0 fully saturated rings. The number of nitrogens with zero attached hydrogens (tertiary/aromatic N) is 2. The van der Waals surface area contributed by atoms with Gasteiger partial charge in [-0.1, -0.05) is 6.07 Å². The Balaban J connectivity index is 1.77. The third-order valence-electron chi connectivity index (χ3n) is 3.14. The molecule has 7 nitrogen and oxygen atoms in total. The maximum atomic E-state index is 11.9. The first-order chi connectivity index (χ1) is 11.0. The summed E-state index contributed by atoms with van der Waals surface area (Å²) in [5, 5.41) is 19.1. The van der Waals surface area contributed by atoms with E-state index in [1.54, 1.807) is 25.4 Å². The molecule has 0 atom stereocenters. The van der Waals surface area contributed by atoms with Crippen LogP contribution in [-0.2, 0) is 7.05 Å². The van der Waals surface area contributed by atoms with Crippen molar-refractivity contribution in [3.05, 3.63) is 50.9 Å². The maximum Gasteiger partial charge on any atom is 0.282 e. The van der Waals surface area contributed by atoms with E-state index < -0.39 is 0 Å². The van der Waals surface area contributed by atoms with Crippen molar-refractivity contribution in [2.24, 2.45) is 7.05 Å². The van der Waals surface area contributed by atoms with E-state index in [2.05, 4.69) is 31.7 Å². The molecule has 0 aliphatic heterocycles. The highest BCUT2D eigenvalue weighted by molar-refractivity contribution is 9.10. The lowest BCUT2D eigenvalue weighted by Crippen LogP contribution is -2.26. The van der Waals surface area contributed by atoms with Crippen LogP contribution >= 0.6 is 15.9 Å². The average Bonchev–Trinajstić information content (AvgIpc) is 2.54. The van der Waals surface area contributed by atoms with E-state index in [4.69, 9.17) is 0 Å². The number of phenolic OH excluding ortho intramolecular Hbond substituents is 1. The van der Waals surface area contributed by atoms with Gasteiger partial charge in [0, 0.05) is 25.7 Å². The summed E-state index contributed by atoms with van der Waals surface area (Å²) < 4.78 is 1.67. The van der Waals surface area contributed by atoms with Crippen molar-refractivity contribution in [2.75, 3.05) is 18.4 Å². The van der Waals surface area contributed by atoms with Gasteiger partial charge < -0.3 is 15.7 Å². The predicted octanol–water partition coefficient (Wildman–Crippen LogP) is 1.48. The molecule has 1 aromatic carbocycles. The Hall–Kier alpha value is -2.35. The number of aromatic hydroxyl groups is 1. The highest BCUT2D eigenvalue weighted by Crippen LogP contribution is 2.15. The van der Waals surface area contributed by atoms with Gasteiger partial charge in [-0.25, -0.2) is 4.68 Å². The number of phenols is 1. The number of rotatable bonds is 6. The summed E-state index contributed by atoms with van der Waals surface area (Å²) in [5.41, 5.74) is 0.816. The lowest BCUT2D eigenvalue weighted by atomic mass is 10.2. The van der Waals surface area contributed by atoms with Crippen LogP contribution in [0.15, 0.2) is 39.7 Å². The molecule has 23 heavy (non-hydrogen) atoms. The van der Waals surface area contributed by atoms with Gasteiger partial charge in [-0.2, -0.15) is 5.10 Å².